The van der Waals surface area contributed by atoms with Gasteiger partial charge in [-0.25, -0.2) is 9.78 Å². The van der Waals surface area contributed by atoms with E-state index < -0.39 is 5.97 Å². The predicted molar refractivity (Wildman–Crippen MR) is 118 cm³/mol. The first kappa shape index (κ1) is 23.4. The van der Waals surface area contributed by atoms with Gasteiger partial charge in [0.25, 0.3) is 5.91 Å². The summed E-state index contributed by atoms with van der Waals surface area (Å²) >= 11 is 1.10. The number of thiazole rings is 1. The Bertz CT molecular complexity index is 897. The van der Waals surface area contributed by atoms with Crippen molar-refractivity contribution in [1.82, 2.24) is 9.88 Å². The Hall–Kier alpha value is -2.87. The standard InChI is InChI=1S/C22H28N2O5S/c1-6-28-18-11-16(8-10-20-23-12-19(30-20)22(26)27)7-9-17(18)29-13-21(25)24(14(2)3)15(4)5/h7-12,14-15H,6,13H2,1-5H3,(H,26,27)/b10-8+. The average molecular weight is 433 g/mol. The minimum atomic E-state index is -0.990. The molecule has 0 aliphatic rings. The molecule has 0 aliphatic carbocycles. The number of hydrogen-bond donors (Lipinski definition) is 1. The Kier molecular flexibility index (Phi) is 8.41. The molecule has 1 heterocycles. The summed E-state index contributed by atoms with van der Waals surface area (Å²) in [5.74, 6) is -0.0320. The average Bonchev–Trinajstić information content (AvgIpc) is 3.14. The third-order valence-electron chi connectivity index (χ3n) is 4.17. The highest BCUT2D eigenvalue weighted by Crippen LogP contribution is 2.29. The predicted octanol–water partition coefficient (Wildman–Crippen LogP) is 4.43. The number of ether oxygens (including phenoxy) is 2. The van der Waals surface area contributed by atoms with Gasteiger partial charge in [0.1, 0.15) is 9.88 Å². The molecule has 2 aromatic rings. The van der Waals surface area contributed by atoms with Gasteiger partial charge in [0, 0.05) is 12.1 Å². The van der Waals surface area contributed by atoms with Crippen LogP contribution < -0.4 is 9.47 Å². The van der Waals surface area contributed by atoms with Gasteiger partial charge in [-0.3, -0.25) is 4.79 Å². The van der Waals surface area contributed by atoms with E-state index in [0.29, 0.717) is 23.1 Å². The van der Waals surface area contributed by atoms with Crippen LogP contribution >= 0.6 is 11.3 Å². The van der Waals surface area contributed by atoms with E-state index in [1.54, 1.807) is 17.0 Å². The van der Waals surface area contributed by atoms with Crippen LogP contribution in [0.1, 0.15) is 54.9 Å². The van der Waals surface area contributed by atoms with Gasteiger partial charge in [-0.15, -0.1) is 11.3 Å². The molecule has 1 aromatic heterocycles. The molecule has 1 amide bonds. The van der Waals surface area contributed by atoms with E-state index in [9.17, 15) is 9.59 Å². The van der Waals surface area contributed by atoms with Gasteiger partial charge < -0.3 is 19.5 Å². The monoisotopic (exact) mass is 432 g/mol. The zero-order valence-electron chi connectivity index (χ0n) is 17.9. The molecule has 0 unspecified atom stereocenters. The molecule has 0 radical (unpaired) electrons. The molecular weight excluding hydrogens is 404 g/mol. The van der Waals surface area contributed by atoms with Crippen LogP contribution in [0.15, 0.2) is 24.4 Å². The van der Waals surface area contributed by atoms with Crippen molar-refractivity contribution in [3.63, 3.8) is 0 Å². The maximum absolute atomic E-state index is 12.5. The second kappa shape index (κ2) is 10.8. The van der Waals surface area contributed by atoms with Crippen LogP contribution in [-0.2, 0) is 4.79 Å². The van der Waals surface area contributed by atoms with E-state index in [4.69, 9.17) is 14.6 Å². The number of amides is 1. The van der Waals surface area contributed by atoms with Gasteiger partial charge in [-0.2, -0.15) is 0 Å². The number of hydrogen-bond acceptors (Lipinski definition) is 6. The summed E-state index contributed by atoms with van der Waals surface area (Å²) < 4.78 is 11.4. The maximum Gasteiger partial charge on any atom is 0.347 e. The van der Waals surface area contributed by atoms with E-state index in [1.165, 1.54) is 6.20 Å². The molecule has 8 heteroatoms. The molecule has 0 atom stereocenters. The highest BCUT2D eigenvalue weighted by atomic mass is 32.1. The number of aromatic nitrogens is 1. The largest absolute Gasteiger partial charge is 0.490 e. The fourth-order valence-corrected chi connectivity index (χ4v) is 3.69. The third-order valence-corrected chi connectivity index (χ3v) is 5.12. The molecule has 30 heavy (non-hydrogen) atoms. The molecule has 0 fully saturated rings. The normalized spacial score (nSPS) is 11.3. The number of benzene rings is 1. The van der Waals surface area contributed by atoms with Gasteiger partial charge >= 0.3 is 5.97 Å². The number of carboxylic acid groups (broad SMARTS) is 1. The Morgan fingerprint density at radius 1 is 1.13 bits per heavy atom. The van der Waals surface area contributed by atoms with Crippen LogP contribution in [0.3, 0.4) is 0 Å². The van der Waals surface area contributed by atoms with Crippen molar-refractivity contribution in [2.24, 2.45) is 0 Å². The molecule has 1 aromatic carbocycles. The number of carbonyl (C=O) groups excluding carboxylic acids is 1. The fraction of sp³-hybridized carbons (Fsp3) is 0.409. The highest BCUT2D eigenvalue weighted by molar-refractivity contribution is 7.14. The first-order valence-electron chi connectivity index (χ1n) is 9.80. The zero-order valence-corrected chi connectivity index (χ0v) is 18.7. The number of carboxylic acids is 1. The van der Waals surface area contributed by atoms with Crippen molar-refractivity contribution in [3.05, 3.63) is 39.8 Å². The summed E-state index contributed by atoms with van der Waals surface area (Å²) in [6.45, 7) is 10.2. The van der Waals surface area contributed by atoms with Gasteiger partial charge in [0.2, 0.25) is 0 Å². The van der Waals surface area contributed by atoms with Gasteiger partial charge in [-0.05, 0) is 58.4 Å². The number of nitrogens with zero attached hydrogens (tertiary/aromatic N) is 2. The second-order valence-electron chi connectivity index (χ2n) is 7.12. The summed E-state index contributed by atoms with van der Waals surface area (Å²) in [4.78, 5) is 29.6. The molecule has 1 N–H and O–H groups in total. The Morgan fingerprint density at radius 2 is 1.83 bits per heavy atom. The van der Waals surface area contributed by atoms with E-state index in [2.05, 4.69) is 4.98 Å². The first-order valence-corrected chi connectivity index (χ1v) is 10.6. The Labute approximate surface area is 181 Å². The minimum Gasteiger partial charge on any atom is -0.490 e. The van der Waals surface area contributed by atoms with E-state index in [-0.39, 0.29) is 29.5 Å². The maximum atomic E-state index is 12.5. The third kappa shape index (κ3) is 6.32. The molecular formula is C22H28N2O5S. The zero-order chi connectivity index (χ0) is 22.3. The van der Waals surface area contributed by atoms with Crippen molar-refractivity contribution >= 4 is 35.4 Å². The smallest absolute Gasteiger partial charge is 0.347 e. The Morgan fingerprint density at radius 3 is 2.40 bits per heavy atom. The molecule has 162 valence electrons. The van der Waals surface area contributed by atoms with Crippen molar-refractivity contribution in [3.8, 4) is 11.5 Å². The molecule has 2 rings (SSSR count). The van der Waals surface area contributed by atoms with Crippen LogP contribution in [0.5, 0.6) is 11.5 Å². The molecule has 0 bridgehead atoms. The SMILES string of the molecule is CCOc1cc(/C=C/c2ncc(C(=O)O)s2)ccc1OCC(=O)N(C(C)C)C(C)C. The Balaban J connectivity index is 2.13. The topological polar surface area (TPSA) is 89.0 Å². The highest BCUT2D eigenvalue weighted by Gasteiger charge is 2.21. The van der Waals surface area contributed by atoms with Gasteiger partial charge in [0.15, 0.2) is 18.1 Å². The van der Waals surface area contributed by atoms with Crippen LogP contribution in [0, 0.1) is 0 Å². The van der Waals surface area contributed by atoms with Crippen LogP contribution in [0.2, 0.25) is 0 Å². The van der Waals surface area contributed by atoms with E-state index >= 15 is 0 Å². The van der Waals surface area contributed by atoms with Crippen molar-refractivity contribution < 1.29 is 24.2 Å². The number of aromatic carboxylic acids is 1. The summed E-state index contributed by atoms with van der Waals surface area (Å²) in [7, 11) is 0. The lowest BCUT2D eigenvalue weighted by Gasteiger charge is -2.30. The lowest BCUT2D eigenvalue weighted by atomic mass is 10.2. The second-order valence-corrected chi connectivity index (χ2v) is 8.18. The summed E-state index contributed by atoms with van der Waals surface area (Å²) in [6.07, 6.45) is 4.90. The van der Waals surface area contributed by atoms with Crippen LogP contribution in [-0.4, -0.2) is 52.2 Å². The van der Waals surface area contributed by atoms with Crippen molar-refractivity contribution in [1.29, 1.82) is 0 Å². The molecule has 7 nitrogen and oxygen atoms in total. The fourth-order valence-electron chi connectivity index (χ4n) is 3.03. The molecule has 0 saturated carbocycles. The number of carbonyl (C=O) groups is 2. The van der Waals surface area contributed by atoms with Crippen molar-refractivity contribution in [2.45, 2.75) is 46.7 Å². The molecule has 0 saturated heterocycles. The van der Waals surface area contributed by atoms with Crippen molar-refractivity contribution in [2.75, 3.05) is 13.2 Å². The van der Waals surface area contributed by atoms with E-state index in [0.717, 1.165) is 16.9 Å². The molecule has 0 spiro atoms. The van der Waals surface area contributed by atoms with Crippen LogP contribution in [0.25, 0.3) is 12.2 Å². The van der Waals surface area contributed by atoms with Gasteiger partial charge in [-0.1, -0.05) is 12.1 Å². The lowest BCUT2D eigenvalue weighted by Crippen LogP contribution is -2.44. The van der Waals surface area contributed by atoms with Crippen LogP contribution in [0.4, 0.5) is 0 Å². The minimum absolute atomic E-state index is 0.0668. The lowest BCUT2D eigenvalue weighted by molar-refractivity contribution is -0.137. The first-order chi connectivity index (χ1) is 14.2. The summed E-state index contributed by atoms with van der Waals surface area (Å²) in [5.41, 5.74) is 0.843. The van der Waals surface area contributed by atoms with E-state index in [1.807, 2.05) is 52.8 Å². The number of rotatable bonds is 10. The quantitative estimate of drug-likeness (QED) is 0.597. The summed E-state index contributed by atoms with van der Waals surface area (Å²) in [6, 6.07) is 5.60. The van der Waals surface area contributed by atoms with Gasteiger partial charge in [0.05, 0.1) is 12.8 Å². The molecule has 0 aliphatic heterocycles. The summed E-state index contributed by atoms with van der Waals surface area (Å²) in [5, 5.41) is 9.58.